The van der Waals surface area contributed by atoms with Gasteiger partial charge >= 0.3 is 6.03 Å². The summed E-state index contributed by atoms with van der Waals surface area (Å²) in [6.07, 6.45) is 3.29. The number of carbonyl (C=O) groups excluding carboxylic acids is 2. The maximum atomic E-state index is 12.3. The van der Waals surface area contributed by atoms with E-state index in [9.17, 15) is 9.59 Å². The normalized spacial score (nSPS) is 19.1. The van der Waals surface area contributed by atoms with Gasteiger partial charge in [-0.3, -0.25) is 4.79 Å². The van der Waals surface area contributed by atoms with Crippen LogP contribution in [0.5, 0.6) is 0 Å². The zero-order valence-electron chi connectivity index (χ0n) is 11.2. The fraction of sp³-hybridized carbons (Fsp3) is 0.833. The third kappa shape index (κ3) is 3.60. The highest BCUT2D eigenvalue weighted by atomic mass is 16.2. The standard InChI is InChI=1S/C12H24N4O2/c1-3-14-11(18)16-12(6-4-5-7-12)10(17)15-9(2)8-13/h9H,3-8,13H2,1-2H3,(H,15,17)(H2,14,16,18)/t9-/m0/s1. The van der Waals surface area contributed by atoms with Gasteiger partial charge in [-0.15, -0.1) is 0 Å². The van der Waals surface area contributed by atoms with E-state index in [0.717, 1.165) is 12.8 Å². The van der Waals surface area contributed by atoms with Crippen LogP contribution < -0.4 is 21.7 Å². The largest absolute Gasteiger partial charge is 0.350 e. The van der Waals surface area contributed by atoms with E-state index in [1.54, 1.807) is 0 Å². The highest BCUT2D eigenvalue weighted by Gasteiger charge is 2.42. The van der Waals surface area contributed by atoms with Crippen molar-refractivity contribution < 1.29 is 9.59 Å². The Balaban J connectivity index is 2.67. The van der Waals surface area contributed by atoms with Crippen molar-refractivity contribution >= 4 is 11.9 Å². The van der Waals surface area contributed by atoms with Gasteiger partial charge in [-0.25, -0.2) is 4.79 Å². The van der Waals surface area contributed by atoms with E-state index < -0.39 is 5.54 Å². The fourth-order valence-corrected chi connectivity index (χ4v) is 2.23. The first-order chi connectivity index (χ1) is 8.54. The number of hydrogen-bond donors (Lipinski definition) is 4. The fourth-order valence-electron chi connectivity index (χ4n) is 2.23. The molecule has 6 heteroatoms. The van der Waals surface area contributed by atoms with E-state index in [0.29, 0.717) is 25.9 Å². The number of nitrogens with two attached hydrogens (primary N) is 1. The molecule has 0 spiro atoms. The van der Waals surface area contributed by atoms with Gasteiger partial charge in [0, 0.05) is 19.1 Å². The Labute approximate surface area is 108 Å². The van der Waals surface area contributed by atoms with Gasteiger partial charge in [0.15, 0.2) is 0 Å². The maximum absolute atomic E-state index is 12.3. The highest BCUT2D eigenvalue weighted by molar-refractivity contribution is 5.91. The molecule has 3 amide bonds. The van der Waals surface area contributed by atoms with Crippen LogP contribution >= 0.6 is 0 Å². The van der Waals surface area contributed by atoms with Crippen molar-refractivity contribution in [1.82, 2.24) is 16.0 Å². The number of hydrogen-bond acceptors (Lipinski definition) is 3. The third-order valence-corrected chi connectivity index (χ3v) is 3.31. The molecule has 0 aromatic carbocycles. The number of nitrogens with one attached hydrogen (secondary N) is 3. The zero-order chi connectivity index (χ0) is 13.6. The molecule has 18 heavy (non-hydrogen) atoms. The Morgan fingerprint density at radius 1 is 1.33 bits per heavy atom. The third-order valence-electron chi connectivity index (χ3n) is 3.31. The summed E-state index contributed by atoms with van der Waals surface area (Å²) >= 11 is 0. The molecule has 1 aliphatic carbocycles. The lowest BCUT2D eigenvalue weighted by molar-refractivity contribution is -0.127. The molecular formula is C12H24N4O2. The predicted molar refractivity (Wildman–Crippen MR) is 70.1 cm³/mol. The number of carbonyl (C=O) groups is 2. The Morgan fingerprint density at radius 2 is 1.94 bits per heavy atom. The summed E-state index contributed by atoms with van der Waals surface area (Å²) < 4.78 is 0. The van der Waals surface area contributed by atoms with Gasteiger partial charge in [-0.1, -0.05) is 12.8 Å². The molecule has 0 aromatic rings. The highest BCUT2D eigenvalue weighted by Crippen LogP contribution is 2.30. The first-order valence-electron chi connectivity index (χ1n) is 6.61. The molecule has 0 heterocycles. The maximum Gasteiger partial charge on any atom is 0.315 e. The molecule has 0 aromatic heterocycles. The van der Waals surface area contributed by atoms with E-state index in [2.05, 4.69) is 16.0 Å². The molecule has 0 saturated heterocycles. The molecule has 0 radical (unpaired) electrons. The summed E-state index contributed by atoms with van der Waals surface area (Å²) in [5.74, 6) is -0.121. The van der Waals surface area contributed by atoms with Gasteiger partial charge in [-0.05, 0) is 26.7 Å². The lowest BCUT2D eigenvalue weighted by atomic mass is 9.96. The Kier molecular flexibility index (Phi) is 5.40. The minimum Gasteiger partial charge on any atom is -0.350 e. The molecule has 1 atom stereocenters. The van der Waals surface area contributed by atoms with E-state index in [-0.39, 0.29) is 18.0 Å². The second kappa shape index (κ2) is 6.58. The number of amides is 3. The van der Waals surface area contributed by atoms with Crippen LogP contribution in [0.3, 0.4) is 0 Å². The lowest BCUT2D eigenvalue weighted by Gasteiger charge is -2.30. The van der Waals surface area contributed by atoms with Crippen molar-refractivity contribution in [3.8, 4) is 0 Å². The van der Waals surface area contributed by atoms with Gasteiger partial charge in [0.25, 0.3) is 0 Å². The average molecular weight is 256 g/mol. The Hall–Kier alpha value is -1.30. The van der Waals surface area contributed by atoms with Gasteiger partial charge in [-0.2, -0.15) is 0 Å². The second-order valence-electron chi connectivity index (χ2n) is 4.88. The molecule has 1 rings (SSSR count). The van der Waals surface area contributed by atoms with Crippen LogP contribution in [0, 0.1) is 0 Å². The monoisotopic (exact) mass is 256 g/mol. The number of urea groups is 1. The Morgan fingerprint density at radius 3 is 2.44 bits per heavy atom. The summed E-state index contributed by atoms with van der Waals surface area (Å²) in [6.45, 7) is 4.63. The van der Waals surface area contributed by atoms with Gasteiger partial charge in [0.1, 0.15) is 5.54 Å². The van der Waals surface area contributed by atoms with E-state index in [1.165, 1.54) is 0 Å². The molecule has 5 N–H and O–H groups in total. The summed E-state index contributed by atoms with van der Waals surface area (Å²) in [6, 6.07) is -0.360. The predicted octanol–water partition coefficient (Wildman–Crippen LogP) is 0.0817. The molecule has 6 nitrogen and oxygen atoms in total. The van der Waals surface area contributed by atoms with Crippen LogP contribution in [0.4, 0.5) is 4.79 Å². The molecule has 1 saturated carbocycles. The van der Waals surface area contributed by atoms with Gasteiger partial charge < -0.3 is 21.7 Å². The number of rotatable bonds is 5. The summed E-state index contributed by atoms with van der Waals surface area (Å²) in [5, 5.41) is 8.34. The van der Waals surface area contributed by atoms with E-state index >= 15 is 0 Å². The van der Waals surface area contributed by atoms with Crippen LogP contribution in [-0.4, -0.2) is 36.6 Å². The molecule has 1 aliphatic rings. The smallest absolute Gasteiger partial charge is 0.315 e. The van der Waals surface area contributed by atoms with E-state index in [1.807, 2.05) is 13.8 Å². The summed E-state index contributed by atoms with van der Waals surface area (Å²) in [7, 11) is 0. The molecule has 0 unspecified atom stereocenters. The van der Waals surface area contributed by atoms with Crippen molar-refractivity contribution in [2.24, 2.45) is 5.73 Å². The van der Waals surface area contributed by atoms with Crippen LogP contribution in [-0.2, 0) is 4.79 Å². The lowest BCUT2D eigenvalue weighted by Crippen LogP contribution is -2.60. The molecular weight excluding hydrogens is 232 g/mol. The van der Waals surface area contributed by atoms with Crippen molar-refractivity contribution in [3.05, 3.63) is 0 Å². The first-order valence-corrected chi connectivity index (χ1v) is 6.61. The van der Waals surface area contributed by atoms with Crippen molar-refractivity contribution in [2.45, 2.75) is 51.1 Å². The topological polar surface area (TPSA) is 96.2 Å². The van der Waals surface area contributed by atoms with Crippen LogP contribution in [0.25, 0.3) is 0 Å². The van der Waals surface area contributed by atoms with Crippen LogP contribution in [0.2, 0.25) is 0 Å². The van der Waals surface area contributed by atoms with Gasteiger partial charge in [0.05, 0.1) is 0 Å². The molecule has 0 aliphatic heterocycles. The van der Waals surface area contributed by atoms with Crippen LogP contribution in [0.15, 0.2) is 0 Å². The van der Waals surface area contributed by atoms with Crippen molar-refractivity contribution in [3.63, 3.8) is 0 Å². The van der Waals surface area contributed by atoms with Gasteiger partial charge in [0.2, 0.25) is 5.91 Å². The summed E-state index contributed by atoms with van der Waals surface area (Å²) in [5.41, 5.74) is 4.74. The average Bonchev–Trinajstić information content (AvgIpc) is 2.78. The van der Waals surface area contributed by atoms with Crippen molar-refractivity contribution in [1.29, 1.82) is 0 Å². The van der Waals surface area contributed by atoms with E-state index in [4.69, 9.17) is 5.73 Å². The second-order valence-corrected chi connectivity index (χ2v) is 4.88. The SMILES string of the molecule is CCNC(=O)NC1(C(=O)N[C@@H](C)CN)CCCC1. The molecule has 1 fully saturated rings. The molecule has 104 valence electrons. The minimum atomic E-state index is -0.761. The van der Waals surface area contributed by atoms with Crippen LogP contribution in [0.1, 0.15) is 39.5 Å². The Bertz CT molecular complexity index is 300. The first kappa shape index (κ1) is 14.8. The summed E-state index contributed by atoms with van der Waals surface area (Å²) in [4.78, 5) is 23.9. The molecule has 0 bridgehead atoms. The zero-order valence-corrected chi connectivity index (χ0v) is 11.2. The quantitative estimate of drug-likeness (QED) is 0.561. The van der Waals surface area contributed by atoms with Crippen molar-refractivity contribution in [2.75, 3.05) is 13.1 Å². The minimum absolute atomic E-state index is 0.0778.